The number of esters is 1. The standard InChI is InChI=1S/C60H74N12O19/c1-8-39-40-30-38(15-16-44(40)64-50-42(39)32-72-46(50)31-41-43(54(72)78)34-87-55(79)51(41)75)90-60(84)70(24-27-89-91-59(83)69(7)21-20-67(4)5)23-22-68(6)58(82)88-33-36-11-13-37(14-12-36)63-52(76)45(10-9-19-62-56(61)80)65-53(77)49(35(2)3)66-57(81)86-29-28-85-26-25-71-47(73)17-18-48(71)74/h11-18,30-31,45,49,51,75H,2,8-10,19-29,32-34H2,1,3-7H3,(H,63,76)(H,65,77)(H,66,81)(H3,61,62,80)/t45-,49-,51?/m0/s1. The van der Waals surface area contributed by atoms with Crippen LogP contribution in [0.4, 0.5) is 29.7 Å². The second kappa shape index (κ2) is 32.0. The van der Waals surface area contributed by atoms with Crippen LogP contribution in [0.25, 0.3) is 22.3 Å². The number of nitrogens with zero attached hydrogens (tertiary/aromatic N) is 7. The van der Waals surface area contributed by atoms with Crippen molar-refractivity contribution >= 4 is 76.6 Å². The predicted molar refractivity (Wildman–Crippen MR) is 322 cm³/mol. The summed E-state index contributed by atoms with van der Waals surface area (Å²) in [6.07, 6.45) is -2.00. The van der Waals surface area contributed by atoms with Gasteiger partial charge in [0.25, 0.3) is 17.4 Å². The Kier molecular flexibility index (Phi) is 24.1. The van der Waals surface area contributed by atoms with Gasteiger partial charge < -0.3 is 80.0 Å². The molecule has 7 N–H and O–H groups in total. The van der Waals surface area contributed by atoms with Crippen molar-refractivity contribution in [3.63, 3.8) is 0 Å². The molecule has 10 amide bonds. The van der Waals surface area contributed by atoms with Gasteiger partial charge in [0.05, 0.1) is 55.3 Å². The highest BCUT2D eigenvalue weighted by Crippen LogP contribution is 2.39. The number of aliphatic hydroxyl groups is 1. The number of likely N-dealkylation sites (N-methyl/N-ethyl adjacent to an activating group) is 3. The van der Waals surface area contributed by atoms with Crippen molar-refractivity contribution in [1.82, 2.24) is 50.0 Å². The summed E-state index contributed by atoms with van der Waals surface area (Å²) < 4.78 is 28.5. The fourth-order valence-corrected chi connectivity index (χ4v) is 9.61. The Bertz CT molecular complexity index is 3500. The molecule has 0 saturated carbocycles. The molecule has 488 valence electrons. The summed E-state index contributed by atoms with van der Waals surface area (Å²) in [5.41, 5.74) is 9.20. The molecule has 0 fully saturated rings. The van der Waals surface area contributed by atoms with Crippen LogP contribution in [0.2, 0.25) is 0 Å². The maximum absolute atomic E-state index is 14.1. The Balaban J connectivity index is 0.939. The maximum atomic E-state index is 14.1. The van der Waals surface area contributed by atoms with E-state index in [1.165, 1.54) is 45.4 Å². The highest BCUT2D eigenvalue weighted by atomic mass is 17.2. The quantitative estimate of drug-likeness (QED) is 0.00730. The molecule has 0 aliphatic carbocycles. The minimum absolute atomic E-state index is 0.00130. The van der Waals surface area contributed by atoms with Gasteiger partial charge in [-0.05, 0) is 93.4 Å². The summed E-state index contributed by atoms with van der Waals surface area (Å²) in [5, 5.41) is 21.4. The Labute approximate surface area is 522 Å². The first-order valence-corrected chi connectivity index (χ1v) is 29.0. The average molecular weight is 1270 g/mol. The molecular formula is C60H74N12O19. The van der Waals surface area contributed by atoms with Gasteiger partial charge in [-0.25, -0.2) is 33.8 Å². The van der Waals surface area contributed by atoms with Crippen molar-refractivity contribution in [2.75, 3.05) is 106 Å². The molecule has 2 aromatic carbocycles. The van der Waals surface area contributed by atoms with E-state index in [1.54, 1.807) is 43.4 Å². The SMILES string of the molecule is C=C(C)[C@H](NC(=O)OCCOCCN1C(=O)C=CC1=O)C(=O)N[C@@H](CCCNC(N)=O)C(=O)Nc1ccc(COC(=O)N(C)CCN(CCOOC(=O)N(C)CCN(C)C)C(=O)Oc2ccc3nc4c(c(CC)c3c2)Cn2c-4cc3c(c2=O)COC(=O)C3O)cc1. The topological polar surface area (TPSA) is 381 Å². The van der Waals surface area contributed by atoms with Crippen molar-refractivity contribution in [3.8, 4) is 17.1 Å². The van der Waals surface area contributed by atoms with Gasteiger partial charge in [-0.15, -0.1) is 0 Å². The first kappa shape index (κ1) is 68.5. The first-order valence-electron chi connectivity index (χ1n) is 29.0. The van der Waals surface area contributed by atoms with Crippen molar-refractivity contribution in [2.45, 2.75) is 71.1 Å². The Morgan fingerprint density at radius 1 is 0.824 bits per heavy atom. The molecule has 4 aromatic rings. The number of nitrogens with two attached hydrogens (primary N) is 1. The summed E-state index contributed by atoms with van der Waals surface area (Å²) >= 11 is 0. The number of hydrogen-bond donors (Lipinski definition) is 6. The zero-order valence-corrected chi connectivity index (χ0v) is 51.2. The third kappa shape index (κ3) is 18.3. The lowest BCUT2D eigenvalue weighted by molar-refractivity contribution is -0.245. The lowest BCUT2D eigenvalue weighted by atomic mass is 9.97. The van der Waals surface area contributed by atoms with E-state index in [0.29, 0.717) is 53.1 Å². The molecule has 91 heavy (non-hydrogen) atoms. The third-order valence-electron chi connectivity index (χ3n) is 14.7. The molecule has 0 spiro atoms. The van der Waals surface area contributed by atoms with Crippen molar-refractivity contribution in [1.29, 1.82) is 0 Å². The Hall–Kier alpha value is -9.98. The minimum Gasteiger partial charge on any atom is -0.458 e. The fraction of sp³-hybridized carbons (Fsp3) is 0.433. The number of pyridine rings is 2. The smallest absolute Gasteiger partial charge is 0.441 e. The van der Waals surface area contributed by atoms with Gasteiger partial charge in [-0.1, -0.05) is 25.6 Å². The van der Waals surface area contributed by atoms with E-state index in [4.69, 9.17) is 44.2 Å². The number of amides is 10. The summed E-state index contributed by atoms with van der Waals surface area (Å²) in [7, 11) is 6.70. The number of primary amides is 1. The summed E-state index contributed by atoms with van der Waals surface area (Å²) in [4.78, 5) is 162. The number of anilines is 1. The van der Waals surface area contributed by atoms with Crippen molar-refractivity contribution < 1.29 is 86.5 Å². The number of nitrogens with one attached hydrogen (secondary N) is 4. The van der Waals surface area contributed by atoms with Gasteiger partial charge in [0, 0.05) is 81.2 Å². The van der Waals surface area contributed by atoms with E-state index >= 15 is 0 Å². The molecule has 3 aliphatic heterocycles. The number of fused-ring (bicyclic) bond motifs is 5. The number of ether oxygens (including phenoxy) is 5. The average Bonchev–Trinajstić information content (AvgIpc) is 1.62. The van der Waals surface area contributed by atoms with Crippen LogP contribution in [0.1, 0.15) is 60.6 Å². The molecule has 7 rings (SSSR count). The van der Waals surface area contributed by atoms with Crippen LogP contribution < -0.4 is 37.3 Å². The number of urea groups is 1. The number of cyclic esters (lactones) is 1. The molecule has 1 unspecified atom stereocenters. The fourth-order valence-electron chi connectivity index (χ4n) is 9.61. The minimum atomic E-state index is -1.61. The number of carbonyl (C=O) groups excluding carboxylic acids is 10. The van der Waals surface area contributed by atoms with E-state index < -0.39 is 83.7 Å². The number of hydrogen-bond acceptors (Lipinski definition) is 21. The van der Waals surface area contributed by atoms with Gasteiger partial charge >= 0.3 is 36.4 Å². The van der Waals surface area contributed by atoms with Crippen LogP contribution in [-0.2, 0) is 78.9 Å². The molecule has 0 bridgehead atoms. The van der Waals surface area contributed by atoms with Crippen molar-refractivity contribution in [3.05, 3.63) is 111 Å². The van der Waals surface area contributed by atoms with Crippen LogP contribution in [0.15, 0.2) is 77.6 Å². The predicted octanol–water partition coefficient (Wildman–Crippen LogP) is 2.19. The number of aliphatic hydroxyl groups excluding tert-OH is 1. The number of imide groups is 1. The van der Waals surface area contributed by atoms with Crippen LogP contribution in [0, 0.1) is 0 Å². The molecule has 3 aliphatic rings. The Morgan fingerprint density at radius 2 is 1.54 bits per heavy atom. The molecule has 31 nitrogen and oxygen atoms in total. The first-order chi connectivity index (χ1) is 43.4. The van der Waals surface area contributed by atoms with E-state index in [-0.39, 0.29) is 114 Å². The summed E-state index contributed by atoms with van der Waals surface area (Å²) in [5.74, 6) is -3.10. The normalized spacial score (nSPS) is 14.3. The number of rotatable bonds is 30. The van der Waals surface area contributed by atoms with Crippen LogP contribution in [0.3, 0.4) is 0 Å². The highest BCUT2D eigenvalue weighted by molar-refractivity contribution is 6.12. The van der Waals surface area contributed by atoms with Gasteiger partial charge in [0.15, 0.2) is 6.10 Å². The number of benzene rings is 2. The monoisotopic (exact) mass is 1270 g/mol. The van der Waals surface area contributed by atoms with Crippen LogP contribution in [-0.4, -0.2) is 212 Å². The number of aryl methyl sites for hydroxylation is 1. The van der Waals surface area contributed by atoms with Gasteiger partial charge in [0.1, 0.15) is 44.3 Å². The van der Waals surface area contributed by atoms with E-state index in [0.717, 1.165) is 28.2 Å². The molecular weight excluding hydrogens is 1190 g/mol. The van der Waals surface area contributed by atoms with Gasteiger partial charge in [0.2, 0.25) is 11.8 Å². The maximum Gasteiger partial charge on any atom is 0.441 e. The molecule has 0 saturated heterocycles. The zero-order valence-electron chi connectivity index (χ0n) is 51.2. The molecule has 2 aromatic heterocycles. The second-order valence-corrected chi connectivity index (χ2v) is 21.6. The van der Waals surface area contributed by atoms with Gasteiger partial charge in [-0.2, -0.15) is 4.89 Å². The van der Waals surface area contributed by atoms with Crippen LogP contribution in [0.5, 0.6) is 5.75 Å². The number of carbonyl (C=O) groups is 10. The van der Waals surface area contributed by atoms with Crippen molar-refractivity contribution in [2.24, 2.45) is 5.73 Å². The lowest BCUT2D eigenvalue weighted by Crippen LogP contribution is -2.53. The molecule has 31 heteroatoms. The lowest BCUT2D eigenvalue weighted by Gasteiger charge is -2.25. The number of alkyl carbamates (subject to hydrolysis) is 1. The number of aromatic nitrogens is 2. The van der Waals surface area contributed by atoms with Crippen LogP contribution >= 0.6 is 0 Å². The van der Waals surface area contributed by atoms with Gasteiger partial charge in [-0.3, -0.25) is 33.8 Å². The summed E-state index contributed by atoms with van der Waals surface area (Å²) in [6, 6.07) is 9.34. The third-order valence-corrected chi connectivity index (χ3v) is 14.7. The zero-order chi connectivity index (χ0) is 66.1. The largest absolute Gasteiger partial charge is 0.458 e. The van der Waals surface area contributed by atoms with E-state index in [9.17, 15) is 57.8 Å². The molecule has 0 radical (unpaired) electrons. The molecule has 3 atom stereocenters. The highest BCUT2D eigenvalue weighted by Gasteiger charge is 2.35. The summed E-state index contributed by atoms with van der Waals surface area (Å²) in [6.45, 7) is 6.87. The second-order valence-electron chi connectivity index (χ2n) is 21.6. The van der Waals surface area contributed by atoms with E-state index in [2.05, 4.69) is 27.8 Å². The Morgan fingerprint density at radius 3 is 2.23 bits per heavy atom. The molecule has 5 heterocycles. The van der Waals surface area contributed by atoms with E-state index in [1.807, 2.05) is 25.9 Å².